The summed E-state index contributed by atoms with van der Waals surface area (Å²) in [5.74, 6) is -2.48. The number of nitrogens with two attached hydrogens (primary N) is 1. The molecule has 1 unspecified atom stereocenters. The molecule has 0 aliphatic carbocycles. The van der Waals surface area contributed by atoms with Gasteiger partial charge in [0.2, 0.25) is 11.7 Å². The Morgan fingerprint density at radius 1 is 1.21 bits per heavy atom. The van der Waals surface area contributed by atoms with Crippen LogP contribution < -0.4 is 26.4 Å². The van der Waals surface area contributed by atoms with Crippen molar-refractivity contribution in [2.75, 3.05) is 17.2 Å². The van der Waals surface area contributed by atoms with Gasteiger partial charge in [0, 0.05) is 25.0 Å². The van der Waals surface area contributed by atoms with Crippen LogP contribution in [0, 0.1) is 5.92 Å². The van der Waals surface area contributed by atoms with Gasteiger partial charge in [-0.15, -0.1) is 13.2 Å². The molecule has 4 amide bonds. The first-order chi connectivity index (χ1) is 15.8. The quantitative estimate of drug-likeness (QED) is 0.398. The highest BCUT2D eigenvalue weighted by atomic mass is 35.5. The molecule has 0 saturated carbocycles. The Labute approximate surface area is 201 Å². The van der Waals surface area contributed by atoms with Gasteiger partial charge in [0.25, 0.3) is 5.91 Å². The predicted molar refractivity (Wildman–Crippen MR) is 118 cm³/mol. The van der Waals surface area contributed by atoms with Crippen LogP contribution >= 0.6 is 23.2 Å². The molecule has 5 N–H and O–H groups in total. The molecule has 0 aliphatic rings. The topological polar surface area (TPSA) is 140 Å². The minimum Gasteiger partial charge on any atom is -0.406 e. The van der Waals surface area contributed by atoms with Crippen LogP contribution in [0.4, 0.5) is 29.5 Å². The number of ether oxygens (including phenoxy) is 1. The maximum Gasteiger partial charge on any atom is 0.573 e. The van der Waals surface area contributed by atoms with Gasteiger partial charge in [-0.2, -0.15) is 0 Å². The molecule has 15 heteroatoms. The van der Waals surface area contributed by atoms with Crippen LogP contribution in [-0.4, -0.2) is 40.3 Å². The fraction of sp³-hybridized carbons (Fsp3) is 0.263. The van der Waals surface area contributed by atoms with Crippen LogP contribution in [0.25, 0.3) is 0 Å². The van der Waals surface area contributed by atoms with E-state index in [9.17, 15) is 27.6 Å². The van der Waals surface area contributed by atoms with Crippen molar-refractivity contribution in [3.63, 3.8) is 0 Å². The Kier molecular flexibility index (Phi) is 9.15. The molecule has 0 fully saturated rings. The third kappa shape index (κ3) is 8.83. The number of rotatable bonds is 9. The van der Waals surface area contributed by atoms with E-state index >= 15 is 0 Å². The standard InChI is InChI=1S/C19H19Cl2F3N6O4/c1-10(15(25)31)8-26-17(32)16-28-14(9-30(16)7-6-13(20)21)29-18(33)27-11-2-4-12(5-3-11)34-19(22,23)24/h2-6,9-10H,7-8H2,1H3,(H2,25,31)(H,26,32)(H2,27,29,33). The molecule has 184 valence electrons. The van der Waals surface area contributed by atoms with Crippen molar-refractivity contribution >= 4 is 52.6 Å². The maximum atomic E-state index is 12.5. The number of carbonyl (C=O) groups is 3. The molecule has 1 heterocycles. The number of hydrogen-bond donors (Lipinski definition) is 4. The molecule has 10 nitrogen and oxygen atoms in total. The lowest BCUT2D eigenvalue weighted by Crippen LogP contribution is -2.35. The summed E-state index contributed by atoms with van der Waals surface area (Å²) in [6, 6.07) is 3.66. The van der Waals surface area contributed by atoms with E-state index < -0.39 is 35.9 Å². The molecule has 2 rings (SSSR count). The molecule has 0 aliphatic heterocycles. The smallest absolute Gasteiger partial charge is 0.406 e. The average molecular weight is 523 g/mol. The summed E-state index contributed by atoms with van der Waals surface area (Å²) < 4.78 is 41.7. The van der Waals surface area contributed by atoms with Crippen LogP contribution in [-0.2, 0) is 11.3 Å². The third-order valence-electron chi connectivity index (χ3n) is 4.06. The summed E-state index contributed by atoms with van der Waals surface area (Å²) in [5.41, 5.74) is 5.34. The predicted octanol–water partition coefficient (Wildman–Crippen LogP) is 3.60. The first kappa shape index (κ1) is 26.8. The number of alkyl halides is 3. The number of benzene rings is 1. The van der Waals surface area contributed by atoms with Crippen LogP contribution in [0.15, 0.2) is 41.0 Å². The van der Waals surface area contributed by atoms with Gasteiger partial charge >= 0.3 is 12.4 Å². The number of urea groups is 1. The SMILES string of the molecule is CC(CNC(=O)c1nc(NC(=O)Nc2ccc(OC(F)(F)F)cc2)cn1CC=C(Cl)Cl)C(N)=O. The number of hydrogen-bond acceptors (Lipinski definition) is 5. The van der Waals surface area contributed by atoms with Gasteiger partial charge in [-0.3, -0.25) is 14.9 Å². The Hall–Kier alpha value is -3.45. The Balaban J connectivity index is 2.09. The third-order valence-corrected chi connectivity index (χ3v) is 4.37. The lowest BCUT2D eigenvalue weighted by Gasteiger charge is -2.10. The number of carbonyl (C=O) groups excluding carboxylic acids is 3. The van der Waals surface area contributed by atoms with Gasteiger partial charge < -0.3 is 25.7 Å². The Morgan fingerprint density at radius 2 is 1.85 bits per heavy atom. The number of nitrogens with one attached hydrogen (secondary N) is 3. The zero-order valence-corrected chi connectivity index (χ0v) is 19.0. The van der Waals surface area contributed by atoms with Crippen molar-refractivity contribution in [1.82, 2.24) is 14.9 Å². The molecule has 1 atom stereocenters. The van der Waals surface area contributed by atoms with Gasteiger partial charge in [-0.25, -0.2) is 9.78 Å². The normalized spacial score (nSPS) is 11.8. The monoisotopic (exact) mass is 522 g/mol. The van der Waals surface area contributed by atoms with Crippen molar-refractivity contribution in [2.45, 2.75) is 19.8 Å². The van der Waals surface area contributed by atoms with Gasteiger partial charge in [-0.1, -0.05) is 30.1 Å². The van der Waals surface area contributed by atoms with E-state index in [1.54, 1.807) is 0 Å². The molecule has 0 bridgehead atoms. The number of nitrogens with zero attached hydrogens (tertiary/aromatic N) is 2. The molecular weight excluding hydrogens is 504 g/mol. The second kappa shape index (κ2) is 11.6. The number of primary amides is 1. The maximum absolute atomic E-state index is 12.5. The van der Waals surface area contributed by atoms with Crippen LogP contribution in [0.1, 0.15) is 17.5 Å². The van der Waals surface area contributed by atoms with E-state index in [2.05, 4.69) is 25.7 Å². The molecule has 0 spiro atoms. The average Bonchev–Trinajstić information content (AvgIpc) is 3.13. The zero-order chi connectivity index (χ0) is 25.5. The Bertz CT molecular complexity index is 1070. The van der Waals surface area contributed by atoms with E-state index in [1.807, 2.05) is 0 Å². The van der Waals surface area contributed by atoms with E-state index in [1.165, 1.54) is 35.9 Å². The lowest BCUT2D eigenvalue weighted by molar-refractivity contribution is -0.274. The summed E-state index contributed by atoms with van der Waals surface area (Å²) >= 11 is 11.2. The largest absolute Gasteiger partial charge is 0.573 e. The number of halogens is 5. The van der Waals surface area contributed by atoms with Crippen molar-refractivity contribution in [2.24, 2.45) is 11.7 Å². The highest BCUT2D eigenvalue weighted by Crippen LogP contribution is 2.24. The first-order valence-corrected chi connectivity index (χ1v) is 10.2. The van der Waals surface area contributed by atoms with E-state index in [0.717, 1.165) is 12.1 Å². The second-order valence-electron chi connectivity index (χ2n) is 6.76. The van der Waals surface area contributed by atoms with Crippen molar-refractivity contribution in [3.05, 3.63) is 46.9 Å². The second-order valence-corrected chi connectivity index (χ2v) is 7.77. The number of imidazole rings is 1. The fourth-order valence-corrected chi connectivity index (χ4v) is 2.55. The van der Waals surface area contributed by atoms with Crippen LogP contribution in [0.3, 0.4) is 0 Å². The van der Waals surface area contributed by atoms with Crippen LogP contribution in [0.2, 0.25) is 0 Å². The molecule has 0 radical (unpaired) electrons. The van der Waals surface area contributed by atoms with Crippen molar-refractivity contribution in [1.29, 1.82) is 0 Å². The van der Waals surface area contributed by atoms with Gasteiger partial charge in [0.15, 0.2) is 5.82 Å². The van der Waals surface area contributed by atoms with Crippen molar-refractivity contribution in [3.8, 4) is 5.75 Å². The van der Waals surface area contributed by atoms with Crippen LogP contribution in [0.5, 0.6) is 5.75 Å². The Morgan fingerprint density at radius 3 is 2.41 bits per heavy atom. The summed E-state index contributed by atoms with van der Waals surface area (Å²) in [5, 5.41) is 7.30. The minimum atomic E-state index is -4.84. The lowest BCUT2D eigenvalue weighted by atomic mass is 10.2. The highest BCUT2D eigenvalue weighted by Gasteiger charge is 2.31. The van der Waals surface area contributed by atoms with E-state index in [0.29, 0.717) is 0 Å². The number of anilines is 2. The summed E-state index contributed by atoms with van der Waals surface area (Å²) in [4.78, 5) is 40.0. The molecule has 2 aromatic rings. The number of aromatic nitrogens is 2. The number of allylic oxidation sites excluding steroid dienone is 1. The minimum absolute atomic E-state index is 0.0262. The molecule has 34 heavy (non-hydrogen) atoms. The van der Waals surface area contributed by atoms with E-state index in [4.69, 9.17) is 28.9 Å². The summed E-state index contributed by atoms with van der Waals surface area (Å²) in [6.07, 6.45) is -2.13. The molecule has 1 aromatic heterocycles. The first-order valence-electron chi connectivity index (χ1n) is 9.43. The molecule has 1 aromatic carbocycles. The summed E-state index contributed by atoms with van der Waals surface area (Å²) in [6.45, 7) is 1.53. The highest BCUT2D eigenvalue weighted by molar-refractivity contribution is 6.55. The van der Waals surface area contributed by atoms with Gasteiger partial charge in [0.05, 0.1) is 5.92 Å². The van der Waals surface area contributed by atoms with E-state index in [-0.39, 0.29) is 34.9 Å². The summed E-state index contributed by atoms with van der Waals surface area (Å²) in [7, 11) is 0. The fourth-order valence-electron chi connectivity index (χ4n) is 2.41. The molecule has 0 saturated heterocycles. The van der Waals surface area contributed by atoms with Gasteiger partial charge in [0.1, 0.15) is 10.2 Å². The van der Waals surface area contributed by atoms with Gasteiger partial charge in [-0.05, 0) is 30.3 Å². The molecular formula is C19H19Cl2F3N6O4. The zero-order valence-electron chi connectivity index (χ0n) is 17.5. The van der Waals surface area contributed by atoms with Crippen molar-refractivity contribution < 1.29 is 32.3 Å². The number of amides is 4.